The lowest BCUT2D eigenvalue weighted by atomic mass is 10.0. The summed E-state index contributed by atoms with van der Waals surface area (Å²) in [5.74, 6) is 0.638. The maximum atomic E-state index is 9.52. The van der Waals surface area contributed by atoms with E-state index in [0.717, 1.165) is 67.8 Å². The summed E-state index contributed by atoms with van der Waals surface area (Å²) in [6.07, 6.45) is 7.98. The maximum Gasteiger partial charge on any atom is 0.170 e. The number of rotatable bonds is 10. The van der Waals surface area contributed by atoms with Crippen LogP contribution >= 0.6 is 0 Å². The molecule has 1 spiro atoms. The van der Waals surface area contributed by atoms with Crippen molar-refractivity contribution in [2.75, 3.05) is 57.8 Å². The van der Waals surface area contributed by atoms with Crippen LogP contribution in [0.15, 0.2) is 29.6 Å². The van der Waals surface area contributed by atoms with Crippen LogP contribution in [0.25, 0.3) is 0 Å². The van der Waals surface area contributed by atoms with Gasteiger partial charge < -0.3 is 29.0 Å². The first-order valence-electron chi connectivity index (χ1n) is 13.3. The molecule has 0 radical (unpaired) electrons. The number of nitrogens with one attached hydrogen (secondary N) is 1. The fourth-order valence-corrected chi connectivity index (χ4v) is 5.95. The Morgan fingerprint density at radius 1 is 1.24 bits per heavy atom. The van der Waals surface area contributed by atoms with Gasteiger partial charge in [-0.25, -0.2) is 0 Å². The van der Waals surface area contributed by atoms with Gasteiger partial charge in [0.2, 0.25) is 0 Å². The first kappa shape index (κ1) is 26.1. The molecule has 10 nitrogen and oxygen atoms in total. The van der Waals surface area contributed by atoms with E-state index in [9.17, 15) is 5.26 Å². The molecule has 200 valence electrons. The molecule has 1 atom stereocenters. The third-order valence-corrected chi connectivity index (χ3v) is 9.12. The summed E-state index contributed by atoms with van der Waals surface area (Å²) in [6, 6.07) is 5.54. The smallest absolute Gasteiger partial charge is 0.170 e. The number of fused-ring (bicyclic) bond motifs is 1. The van der Waals surface area contributed by atoms with Crippen LogP contribution in [0.4, 0.5) is 5.82 Å². The molecular weight excluding hydrogens is 486 g/mol. The normalized spacial score (nSPS) is 20.6. The molecule has 0 aromatic carbocycles. The zero-order valence-corrected chi connectivity index (χ0v) is 23.3. The summed E-state index contributed by atoms with van der Waals surface area (Å²) in [5.41, 5.74) is 2.94. The summed E-state index contributed by atoms with van der Waals surface area (Å²) in [7, 11) is -1.12. The summed E-state index contributed by atoms with van der Waals surface area (Å²) in [4.78, 5) is 12.8. The van der Waals surface area contributed by atoms with Crippen molar-refractivity contribution in [1.82, 2.24) is 19.7 Å². The molecule has 5 rings (SSSR count). The highest BCUT2D eigenvalue weighted by atomic mass is 28.3. The number of likely N-dealkylation sites (tertiary alicyclic amines) is 1. The first-order chi connectivity index (χ1) is 17.9. The number of aliphatic imine (C=N–C) groups is 1. The molecule has 0 amide bonds. The van der Waals surface area contributed by atoms with E-state index >= 15 is 0 Å². The summed E-state index contributed by atoms with van der Waals surface area (Å²) >= 11 is 0. The quantitative estimate of drug-likeness (QED) is 0.374. The lowest BCUT2D eigenvalue weighted by molar-refractivity contribution is -0.185. The highest BCUT2D eigenvalue weighted by molar-refractivity contribution is 6.76. The number of piperidine rings is 1. The fourth-order valence-electron chi connectivity index (χ4n) is 5.20. The lowest BCUT2D eigenvalue weighted by Gasteiger charge is -2.38. The number of hydrogen-bond donors (Lipinski definition) is 1. The van der Waals surface area contributed by atoms with Crippen LogP contribution in [-0.2, 0) is 14.2 Å². The van der Waals surface area contributed by atoms with E-state index in [4.69, 9.17) is 19.2 Å². The summed E-state index contributed by atoms with van der Waals surface area (Å²) in [6.45, 7) is 12.8. The summed E-state index contributed by atoms with van der Waals surface area (Å²) < 4.78 is 19.6. The Labute approximate surface area is 220 Å². The fraction of sp³-hybridized carbons (Fsp3) is 0.654. The van der Waals surface area contributed by atoms with Crippen LogP contribution in [0, 0.1) is 11.3 Å². The minimum atomic E-state index is -1.12. The molecule has 3 aliphatic rings. The van der Waals surface area contributed by atoms with Gasteiger partial charge in [0.15, 0.2) is 5.79 Å². The number of aromatic nitrogens is 3. The average Bonchev–Trinajstić information content (AvgIpc) is 3.64. The van der Waals surface area contributed by atoms with Gasteiger partial charge in [-0.2, -0.15) is 10.4 Å². The molecule has 2 fully saturated rings. The molecule has 0 saturated carbocycles. The maximum absolute atomic E-state index is 9.52. The molecule has 0 bridgehead atoms. The van der Waals surface area contributed by atoms with Crippen molar-refractivity contribution in [1.29, 1.82) is 5.26 Å². The molecule has 2 aromatic heterocycles. The monoisotopic (exact) mass is 525 g/mol. The van der Waals surface area contributed by atoms with E-state index in [2.05, 4.69) is 51.7 Å². The van der Waals surface area contributed by atoms with Crippen LogP contribution in [0.1, 0.15) is 36.4 Å². The van der Waals surface area contributed by atoms with Crippen molar-refractivity contribution in [3.8, 4) is 6.07 Å². The van der Waals surface area contributed by atoms with Crippen molar-refractivity contribution in [2.24, 2.45) is 4.99 Å². The Balaban J connectivity index is 1.22. The van der Waals surface area contributed by atoms with Crippen LogP contribution in [-0.4, -0.2) is 92.1 Å². The SMILES string of the molecule is C[Si](C)(C)CCOCN1CN=C(c2cnn(C(CC#N)CN3CCC4(CC3)OCCO4)c2)c2cc[nH]c21. The van der Waals surface area contributed by atoms with Crippen LogP contribution in [0.2, 0.25) is 25.7 Å². The Morgan fingerprint density at radius 2 is 2.03 bits per heavy atom. The molecular formula is C26H39N7O3Si. The Kier molecular flexibility index (Phi) is 7.83. The van der Waals surface area contributed by atoms with Gasteiger partial charge in [0.25, 0.3) is 0 Å². The molecule has 5 heterocycles. The van der Waals surface area contributed by atoms with E-state index in [-0.39, 0.29) is 11.8 Å². The van der Waals surface area contributed by atoms with E-state index in [1.54, 1.807) is 0 Å². The second-order valence-electron chi connectivity index (χ2n) is 11.4. The third-order valence-electron chi connectivity index (χ3n) is 7.42. The Morgan fingerprint density at radius 3 is 2.76 bits per heavy atom. The molecule has 2 aromatic rings. The third kappa shape index (κ3) is 6.16. The standard InChI is InChI=1S/C26H39N7O3Si/c1-37(2,3)15-14-34-20-32-19-29-24(23-5-9-28-25(23)32)21-16-30-33(17-21)22(4-8-27)18-31-10-6-26(7-11-31)35-12-13-36-26/h5,9,16-17,22,28H,4,6-7,10-15,18-20H2,1-3H3. The number of hydrogen-bond acceptors (Lipinski definition) is 8. The predicted octanol–water partition coefficient (Wildman–Crippen LogP) is 3.43. The highest BCUT2D eigenvalue weighted by Crippen LogP contribution is 2.32. The van der Waals surface area contributed by atoms with Crippen molar-refractivity contribution in [2.45, 2.75) is 56.8 Å². The number of nitrogens with zero attached hydrogens (tertiary/aromatic N) is 6. The zero-order valence-electron chi connectivity index (χ0n) is 22.3. The second-order valence-corrected chi connectivity index (χ2v) is 17.0. The molecule has 37 heavy (non-hydrogen) atoms. The molecule has 3 aliphatic heterocycles. The molecule has 0 aliphatic carbocycles. The van der Waals surface area contributed by atoms with Crippen LogP contribution in [0.3, 0.4) is 0 Å². The number of nitriles is 1. The minimum Gasteiger partial charge on any atom is -0.361 e. The molecule has 2 saturated heterocycles. The van der Waals surface area contributed by atoms with Crippen molar-refractivity contribution in [3.63, 3.8) is 0 Å². The Bertz CT molecular complexity index is 1120. The van der Waals surface area contributed by atoms with E-state index in [0.29, 0.717) is 33.0 Å². The van der Waals surface area contributed by atoms with Gasteiger partial charge in [-0.05, 0) is 12.1 Å². The molecule has 1 unspecified atom stereocenters. The molecule has 11 heteroatoms. The van der Waals surface area contributed by atoms with Crippen molar-refractivity contribution < 1.29 is 14.2 Å². The Hall–Kier alpha value is -2.49. The number of anilines is 1. The largest absolute Gasteiger partial charge is 0.361 e. The highest BCUT2D eigenvalue weighted by Gasteiger charge is 2.40. The predicted molar refractivity (Wildman–Crippen MR) is 145 cm³/mol. The van der Waals surface area contributed by atoms with E-state index in [1.807, 2.05) is 23.3 Å². The van der Waals surface area contributed by atoms with Crippen molar-refractivity contribution >= 4 is 19.6 Å². The van der Waals surface area contributed by atoms with Gasteiger partial charge in [0.05, 0.1) is 43.7 Å². The first-order valence-corrected chi connectivity index (χ1v) is 17.0. The van der Waals surface area contributed by atoms with Gasteiger partial charge in [-0.15, -0.1) is 0 Å². The van der Waals surface area contributed by atoms with Gasteiger partial charge >= 0.3 is 0 Å². The summed E-state index contributed by atoms with van der Waals surface area (Å²) in [5, 5.41) is 14.2. The van der Waals surface area contributed by atoms with Gasteiger partial charge in [-0.3, -0.25) is 9.67 Å². The van der Waals surface area contributed by atoms with Gasteiger partial charge in [-0.1, -0.05) is 19.6 Å². The number of H-pyrrole nitrogens is 1. The zero-order chi connectivity index (χ0) is 25.9. The van der Waals surface area contributed by atoms with E-state index < -0.39 is 8.07 Å². The van der Waals surface area contributed by atoms with Crippen LogP contribution < -0.4 is 4.90 Å². The number of aromatic amines is 1. The molecule has 1 N–H and O–H groups in total. The number of ether oxygens (including phenoxy) is 3. The van der Waals surface area contributed by atoms with Crippen LogP contribution in [0.5, 0.6) is 0 Å². The van der Waals surface area contributed by atoms with Gasteiger partial charge in [0, 0.05) is 70.7 Å². The second kappa shape index (κ2) is 11.1. The minimum absolute atomic E-state index is 0.0237. The average molecular weight is 526 g/mol. The van der Waals surface area contributed by atoms with Gasteiger partial charge in [0.1, 0.15) is 19.2 Å². The topological polar surface area (TPSA) is 104 Å². The van der Waals surface area contributed by atoms with Crippen molar-refractivity contribution in [3.05, 3.63) is 35.8 Å². The van der Waals surface area contributed by atoms with E-state index in [1.165, 1.54) is 0 Å². The lowest BCUT2D eigenvalue weighted by Crippen LogP contribution is -2.46.